The van der Waals surface area contributed by atoms with E-state index in [-0.39, 0.29) is 0 Å². The molecule has 2 aromatic heterocycles. The SMILES string of the molecule is Cc1c2ccccc2n2ccccc12. The zero-order valence-electron chi connectivity index (χ0n) is 8.07. The first-order valence-electron chi connectivity index (χ1n) is 4.82. The summed E-state index contributed by atoms with van der Waals surface area (Å²) in [5.41, 5.74) is 3.95. The van der Waals surface area contributed by atoms with Crippen LogP contribution in [0, 0.1) is 6.92 Å². The molecule has 0 bridgehead atoms. The fourth-order valence-corrected chi connectivity index (χ4v) is 2.10. The zero-order valence-corrected chi connectivity index (χ0v) is 8.07. The molecule has 0 N–H and O–H groups in total. The molecule has 68 valence electrons. The molecule has 14 heavy (non-hydrogen) atoms. The smallest absolute Gasteiger partial charge is 0.0531 e. The van der Waals surface area contributed by atoms with Gasteiger partial charge in [-0.3, -0.25) is 0 Å². The van der Waals surface area contributed by atoms with Crippen LogP contribution in [-0.2, 0) is 0 Å². The number of hydrogen-bond acceptors (Lipinski definition) is 0. The summed E-state index contributed by atoms with van der Waals surface area (Å²) in [5, 5.41) is 1.35. The number of pyridine rings is 1. The van der Waals surface area contributed by atoms with E-state index < -0.39 is 0 Å². The number of fused-ring (bicyclic) bond motifs is 3. The van der Waals surface area contributed by atoms with Crippen LogP contribution in [0.1, 0.15) is 5.56 Å². The Morgan fingerprint density at radius 1 is 0.857 bits per heavy atom. The van der Waals surface area contributed by atoms with Gasteiger partial charge in [0.05, 0.1) is 5.52 Å². The van der Waals surface area contributed by atoms with Crippen LogP contribution in [0.5, 0.6) is 0 Å². The van der Waals surface area contributed by atoms with E-state index in [1.807, 2.05) is 0 Å². The molecular weight excluding hydrogens is 170 g/mol. The van der Waals surface area contributed by atoms with E-state index in [0.717, 1.165) is 0 Å². The Morgan fingerprint density at radius 2 is 1.57 bits per heavy atom. The first kappa shape index (κ1) is 7.63. The van der Waals surface area contributed by atoms with E-state index in [1.165, 1.54) is 22.0 Å². The van der Waals surface area contributed by atoms with Crippen LogP contribution in [0.4, 0.5) is 0 Å². The Morgan fingerprint density at radius 3 is 2.50 bits per heavy atom. The largest absolute Gasteiger partial charge is 0.316 e. The predicted molar refractivity (Wildman–Crippen MR) is 59.6 cm³/mol. The fourth-order valence-electron chi connectivity index (χ4n) is 2.10. The molecule has 0 radical (unpaired) electrons. The average molecular weight is 181 g/mol. The second-order valence-electron chi connectivity index (χ2n) is 3.60. The van der Waals surface area contributed by atoms with Gasteiger partial charge in [-0.25, -0.2) is 0 Å². The van der Waals surface area contributed by atoms with Crippen molar-refractivity contribution in [2.45, 2.75) is 6.92 Å². The highest BCUT2D eigenvalue weighted by Crippen LogP contribution is 2.24. The monoisotopic (exact) mass is 181 g/mol. The molecule has 0 fully saturated rings. The van der Waals surface area contributed by atoms with Gasteiger partial charge in [0.2, 0.25) is 0 Å². The summed E-state index contributed by atoms with van der Waals surface area (Å²) in [6.45, 7) is 2.18. The lowest BCUT2D eigenvalue weighted by atomic mass is 10.2. The lowest BCUT2D eigenvalue weighted by Crippen LogP contribution is -1.80. The number of hydrogen-bond donors (Lipinski definition) is 0. The van der Waals surface area contributed by atoms with E-state index in [9.17, 15) is 0 Å². The minimum atomic E-state index is 1.29. The Balaban J connectivity index is 2.69. The standard InChI is InChI=1S/C13H11N/c1-10-11-6-2-3-8-13(11)14-9-5-4-7-12(10)14/h2-9H,1H3. The number of aromatic nitrogens is 1. The van der Waals surface area contributed by atoms with E-state index in [1.54, 1.807) is 0 Å². The molecule has 0 aliphatic carbocycles. The van der Waals surface area contributed by atoms with Gasteiger partial charge in [0.1, 0.15) is 0 Å². The molecule has 0 aliphatic heterocycles. The van der Waals surface area contributed by atoms with Crippen molar-refractivity contribution in [2.24, 2.45) is 0 Å². The van der Waals surface area contributed by atoms with Crippen molar-refractivity contribution < 1.29 is 0 Å². The maximum Gasteiger partial charge on any atom is 0.0531 e. The molecule has 0 aliphatic rings. The molecule has 1 nitrogen and oxygen atoms in total. The Bertz CT molecular complexity index is 551. The number of rotatable bonds is 0. The molecule has 1 heteroatoms. The van der Waals surface area contributed by atoms with Crippen molar-refractivity contribution in [1.29, 1.82) is 0 Å². The minimum Gasteiger partial charge on any atom is -0.316 e. The van der Waals surface area contributed by atoms with Gasteiger partial charge in [-0.05, 0) is 30.7 Å². The lowest BCUT2D eigenvalue weighted by Gasteiger charge is -1.94. The summed E-state index contributed by atoms with van der Waals surface area (Å²) in [7, 11) is 0. The molecule has 3 aromatic rings. The van der Waals surface area contributed by atoms with Crippen LogP contribution in [-0.4, -0.2) is 4.40 Å². The third-order valence-corrected chi connectivity index (χ3v) is 2.81. The first-order chi connectivity index (χ1) is 6.88. The minimum absolute atomic E-state index is 1.29. The van der Waals surface area contributed by atoms with E-state index in [2.05, 4.69) is 60.0 Å². The number of aryl methyl sites for hydroxylation is 1. The first-order valence-corrected chi connectivity index (χ1v) is 4.82. The highest BCUT2D eigenvalue weighted by molar-refractivity contribution is 5.91. The molecule has 0 unspecified atom stereocenters. The third-order valence-electron chi connectivity index (χ3n) is 2.81. The van der Waals surface area contributed by atoms with Gasteiger partial charge >= 0.3 is 0 Å². The van der Waals surface area contributed by atoms with Gasteiger partial charge in [-0.2, -0.15) is 0 Å². The van der Waals surface area contributed by atoms with Crippen molar-refractivity contribution in [3.63, 3.8) is 0 Å². The predicted octanol–water partition coefficient (Wildman–Crippen LogP) is 3.40. The van der Waals surface area contributed by atoms with Crippen molar-refractivity contribution in [1.82, 2.24) is 4.40 Å². The zero-order chi connectivity index (χ0) is 9.54. The molecule has 1 aromatic carbocycles. The maximum absolute atomic E-state index is 2.24. The summed E-state index contributed by atoms with van der Waals surface area (Å²) in [4.78, 5) is 0. The van der Waals surface area contributed by atoms with Gasteiger partial charge in [0.25, 0.3) is 0 Å². The highest BCUT2D eigenvalue weighted by Gasteiger charge is 2.05. The molecule has 0 amide bonds. The van der Waals surface area contributed by atoms with Gasteiger partial charge in [-0.1, -0.05) is 24.3 Å². The van der Waals surface area contributed by atoms with Crippen LogP contribution in [0.15, 0.2) is 48.7 Å². The quantitative estimate of drug-likeness (QED) is 0.500. The molecule has 0 saturated heterocycles. The normalized spacial score (nSPS) is 11.2. The summed E-state index contributed by atoms with van der Waals surface area (Å²) in [6.07, 6.45) is 2.12. The van der Waals surface area contributed by atoms with Crippen LogP contribution in [0.25, 0.3) is 16.4 Å². The second kappa shape index (κ2) is 2.61. The summed E-state index contributed by atoms with van der Waals surface area (Å²) in [6, 6.07) is 14.8. The summed E-state index contributed by atoms with van der Waals surface area (Å²) >= 11 is 0. The molecule has 0 spiro atoms. The van der Waals surface area contributed by atoms with Crippen molar-refractivity contribution in [3.05, 3.63) is 54.2 Å². The molecule has 0 saturated carbocycles. The van der Waals surface area contributed by atoms with Gasteiger partial charge in [-0.15, -0.1) is 0 Å². The number of para-hydroxylation sites is 1. The second-order valence-corrected chi connectivity index (χ2v) is 3.60. The third kappa shape index (κ3) is 0.841. The number of benzene rings is 1. The van der Waals surface area contributed by atoms with Crippen LogP contribution in [0.2, 0.25) is 0 Å². The molecular formula is C13H11N. The molecule has 0 atom stereocenters. The topological polar surface area (TPSA) is 4.41 Å². The lowest BCUT2D eigenvalue weighted by molar-refractivity contribution is 1.25. The van der Waals surface area contributed by atoms with Gasteiger partial charge in [0, 0.05) is 17.1 Å². The van der Waals surface area contributed by atoms with E-state index in [4.69, 9.17) is 0 Å². The van der Waals surface area contributed by atoms with Crippen LogP contribution in [0.3, 0.4) is 0 Å². The van der Waals surface area contributed by atoms with Crippen molar-refractivity contribution in [3.8, 4) is 0 Å². The summed E-state index contributed by atoms with van der Waals surface area (Å²) in [5.74, 6) is 0. The van der Waals surface area contributed by atoms with E-state index in [0.29, 0.717) is 0 Å². The maximum atomic E-state index is 2.24. The van der Waals surface area contributed by atoms with Crippen LogP contribution < -0.4 is 0 Å². The van der Waals surface area contributed by atoms with Gasteiger partial charge in [0.15, 0.2) is 0 Å². The molecule has 3 rings (SSSR count). The van der Waals surface area contributed by atoms with Crippen LogP contribution >= 0.6 is 0 Å². The Kier molecular flexibility index (Phi) is 1.42. The van der Waals surface area contributed by atoms with E-state index >= 15 is 0 Å². The molecule has 2 heterocycles. The summed E-state index contributed by atoms with van der Waals surface area (Å²) < 4.78 is 2.24. The Labute approximate surface area is 82.6 Å². The average Bonchev–Trinajstić information content (AvgIpc) is 2.55. The number of nitrogens with zero attached hydrogens (tertiary/aromatic N) is 1. The van der Waals surface area contributed by atoms with Crippen molar-refractivity contribution in [2.75, 3.05) is 0 Å². The Hall–Kier alpha value is -1.76. The van der Waals surface area contributed by atoms with Gasteiger partial charge < -0.3 is 4.40 Å². The highest BCUT2D eigenvalue weighted by atomic mass is 14.9. The van der Waals surface area contributed by atoms with Crippen molar-refractivity contribution >= 4 is 16.4 Å². The fraction of sp³-hybridized carbons (Fsp3) is 0.0769.